The zero-order chi connectivity index (χ0) is 21.0. The third-order valence-electron chi connectivity index (χ3n) is 5.48. The lowest BCUT2D eigenvalue weighted by Gasteiger charge is -2.35. The molecule has 0 saturated carbocycles. The van der Waals surface area contributed by atoms with E-state index < -0.39 is 0 Å². The summed E-state index contributed by atoms with van der Waals surface area (Å²) >= 11 is 1.67. The molecule has 1 aliphatic heterocycles. The number of para-hydroxylation sites is 2. The number of imidazole rings is 1. The Bertz CT molecular complexity index is 1130. The van der Waals surface area contributed by atoms with E-state index in [1.807, 2.05) is 71.6 Å². The van der Waals surface area contributed by atoms with E-state index in [1.54, 1.807) is 18.0 Å². The summed E-state index contributed by atoms with van der Waals surface area (Å²) in [6.07, 6.45) is 1.81. The highest BCUT2D eigenvalue weighted by atomic mass is 32.2. The molecular formula is C24H23N5OS. The maximum atomic E-state index is 12.9. The number of piperazine rings is 1. The highest BCUT2D eigenvalue weighted by Crippen LogP contribution is 2.23. The van der Waals surface area contributed by atoms with E-state index in [9.17, 15) is 4.79 Å². The summed E-state index contributed by atoms with van der Waals surface area (Å²) in [6.45, 7) is 3.02. The van der Waals surface area contributed by atoms with Crippen molar-refractivity contribution in [2.45, 2.75) is 10.9 Å². The van der Waals surface area contributed by atoms with E-state index in [2.05, 4.69) is 19.9 Å². The minimum atomic E-state index is 0.0946. The highest BCUT2D eigenvalue weighted by Gasteiger charge is 2.22. The van der Waals surface area contributed by atoms with Gasteiger partial charge < -0.3 is 14.8 Å². The molecule has 7 heteroatoms. The van der Waals surface area contributed by atoms with Crippen LogP contribution in [0, 0.1) is 0 Å². The fourth-order valence-corrected chi connectivity index (χ4v) is 4.60. The lowest BCUT2D eigenvalue weighted by atomic mass is 10.1. The maximum absolute atomic E-state index is 12.9. The first-order valence-electron chi connectivity index (χ1n) is 10.4. The van der Waals surface area contributed by atoms with Crippen LogP contribution in [0.1, 0.15) is 15.9 Å². The molecule has 1 amide bonds. The maximum Gasteiger partial charge on any atom is 0.253 e. The molecule has 0 aliphatic carbocycles. The third-order valence-corrected chi connectivity index (χ3v) is 6.43. The van der Waals surface area contributed by atoms with Crippen LogP contribution < -0.4 is 4.90 Å². The van der Waals surface area contributed by atoms with Gasteiger partial charge >= 0.3 is 0 Å². The van der Waals surface area contributed by atoms with Crippen molar-refractivity contribution >= 4 is 34.5 Å². The van der Waals surface area contributed by atoms with E-state index in [0.717, 1.165) is 46.4 Å². The van der Waals surface area contributed by atoms with Crippen molar-refractivity contribution in [1.29, 1.82) is 0 Å². The summed E-state index contributed by atoms with van der Waals surface area (Å²) in [4.78, 5) is 29.4. The zero-order valence-electron chi connectivity index (χ0n) is 17.1. The van der Waals surface area contributed by atoms with Crippen molar-refractivity contribution in [2.24, 2.45) is 0 Å². The molecular weight excluding hydrogens is 406 g/mol. The predicted octanol–water partition coefficient (Wildman–Crippen LogP) is 4.21. The lowest BCUT2D eigenvalue weighted by Crippen LogP contribution is -2.49. The highest BCUT2D eigenvalue weighted by molar-refractivity contribution is 7.98. The number of fused-ring (bicyclic) bond motifs is 1. The van der Waals surface area contributed by atoms with E-state index in [4.69, 9.17) is 0 Å². The molecule has 0 atom stereocenters. The Morgan fingerprint density at radius 2 is 1.71 bits per heavy atom. The van der Waals surface area contributed by atoms with Gasteiger partial charge in [-0.05, 0) is 42.0 Å². The number of anilines is 1. The first-order valence-corrected chi connectivity index (χ1v) is 11.4. The van der Waals surface area contributed by atoms with Gasteiger partial charge in [0.15, 0.2) is 5.16 Å². The number of H-pyrrole nitrogens is 1. The van der Waals surface area contributed by atoms with Crippen molar-refractivity contribution in [3.8, 4) is 0 Å². The molecule has 2 aromatic carbocycles. The van der Waals surface area contributed by atoms with Crippen molar-refractivity contribution in [1.82, 2.24) is 19.9 Å². The number of thioether (sulfide) groups is 1. The number of carbonyl (C=O) groups excluding carboxylic acids is 1. The summed E-state index contributed by atoms with van der Waals surface area (Å²) in [5, 5.41) is 0.909. The third kappa shape index (κ3) is 4.41. The average molecular weight is 430 g/mol. The Balaban J connectivity index is 1.16. The minimum Gasteiger partial charge on any atom is -0.353 e. The number of aromatic amines is 1. The van der Waals surface area contributed by atoms with Crippen LogP contribution in [-0.2, 0) is 5.75 Å². The molecule has 2 aromatic heterocycles. The number of hydrogen-bond acceptors (Lipinski definition) is 5. The van der Waals surface area contributed by atoms with Gasteiger partial charge in [-0.15, -0.1) is 0 Å². The molecule has 4 aromatic rings. The van der Waals surface area contributed by atoms with E-state index in [1.165, 1.54) is 5.56 Å². The summed E-state index contributed by atoms with van der Waals surface area (Å²) < 4.78 is 0. The van der Waals surface area contributed by atoms with Gasteiger partial charge in [-0.25, -0.2) is 9.97 Å². The van der Waals surface area contributed by atoms with Crippen LogP contribution in [0.15, 0.2) is 78.1 Å². The minimum absolute atomic E-state index is 0.0946. The van der Waals surface area contributed by atoms with Crippen LogP contribution in [0.3, 0.4) is 0 Å². The van der Waals surface area contributed by atoms with Gasteiger partial charge in [0, 0.05) is 43.7 Å². The van der Waals surface area contributed by atoms with Crippen LogP contribution in [0.25, 0.3) is 11.0 Å². The molecule has 0 spiro atoms. The molecule has 0 radical (unpaired) electrons. The van der Waals surface area contributed by atoms with Crippen LogP contribution >= 0.6 is 11.8 Å². The number of aromatic nitrogens is 3. The Kier molecular flexibility index (Phi) is 5.58. The Morgan fingerprint density at radius 3 is 2.45 bits per heavy atom. The van der Waals surface area contributed by atoms with Gasteiger partial charge in [0.05, 0.1) is 11.0 Å². The van der Waals surface area contributed by atoms with Crippen LogP contribution in [-0.4, -0.2) is 51.9 Å². The van der Waals surface area contributed by atoms with E-state index in [0.29, 0.717) is 13.1 Å². The van der Waals surface area contributed by atoms with Gasteiger partial charge in [-0.3, -0.25) is 4.79 Å². The molecule has 31 heavy (non-hydrogen) atoms. The largest absolute Gasteiger partial charge is 0.353 e. The summed E-state index contributed by atoms with van der Waals surface area (Å²) in [7, 11) is 0. The van der Waals surface area contributed by atoms with Crippen molar-refractivity contribution < 1.29 is 4.79 Å². The number of pyridine rings is 1. The van der Waals surface area contributed by atoms with Gasteiger partial charge in [-0.1, -0.05) is 42.1 Å². The molecule has 6 nitrogen and oxygen atoms in total. The van der Waals surface area contributed by atoms with Crippen LogP contribution in [0.5, 0.6) is 0 Å². The molecule has 156 valence electrons. The van der Waals surface area contributed by atoms with E-state index in [-0.39, 0.29) is 5.91 Å². The monoisotopic (exact) mass is 429 g/mol. The summed E-state index contributed by atoms with van der Waals surface area (Å²) in [5.74, 6) is 1.87. The molecule has 3 heterocycles. The topological polar surface area (TPSA) is 65.1 Å². The van der Waals surface area contributed by atoms with Crippen LogP contribution in [0.4, 0.5) is 5.82 Å². The van der Waals surface area contributed by atoms with Crippen molar-refractivity contribution in [3.05, 3.63) is 84.1 Å². The van der Waals surface area contributed by atoms with E-state index >= 15 is 0 Å². The molecule has 0 bridgehead atoms. The second-order valence-electron chi connectivity index (χ2n) is 7.51. The zero-order valence-corrected chi connectivity index (χ0v) is 17.9. The first kappa shape index (κ1) is 19.6. The number of benzene rings is 2. The van der Waals surface area contributed by atoms with Crippen molar-refractivity contribution in [2.75, 3.05) is 31.1 Å². The molecule has 1 aliphatic rings. The fourth-order valence-electron chi connectivity index (χ4n) is 3.76. The van der Waals surface area contributed by atoms with Gasteiger partial charge in [0.1, 0.15) is 5.82 Å². The number of nitrogens with one attached hydrogen (secondary N) is 1. The standard InChI is InChI=1S/C24H23N5OS/c30-23(29-15-13-28(14-16-29)22-7-3-4-12-25-22)19-10-8-18(9-11-19)17-31-24-26-20-5-1-2-6-21(20)27-24/h1-12H,13-17H2,(H,26,27). The fraction of sp³-hybridized carbons (Fsp3) is 0.208. The number of carbonyl (C=O) groups is 1. The molecule has 0 unspecified atom stereocenters. The second-order valence-corrected chi connectivity index (χ2v) is 8.48. The molecule has 1 N–H and O–H groups in total. The number of amides is 1. The number of rotatable bonds is 5. The van der Waals surface area contributed by atoms with Crippen LogP contribution in [0.2, 0.25) is 0 Å². The second kappa shape index (κ2) is 8.81. The Labute approximate surface area is 185 Å². The molecule has 5 rings (SSSR count). The normalized spacial score (nSPS) is 14.2. The summed E-state index contributed by atoms with van der Waals surface area (Å²) in [6, 6.07) is 21.9. The van der Waals surface area contributed by atoms with Gasteiger partial charge in [0.25, 0.3) is 5.91 Å². The Hall–Kier alpha value is -3.32. The van der Waals surface area contributed by atoms with Crippen molar-refractivity contribution in [3.63, 3.8) is 0 Å². The predicted molar refractivity (Wildman–Crippen MR) is 124 cm³/mol. The number of hydrogen-bond donors (Lipinski definition) is 1. The smallest absolute Gasteiger partial charge is 0.253 e. The molecule has 1 fully saturated rings. The van der Waals surface area contributed by atoms with Gasteiger partial charge in [0.2, 0.25) is 0 Å². The lowest BCUT2D eigenvalue weighted by molar-refractivity contribution is 0.0746. The molecule has 1 saturated heterocycles. The number of nitrogens with zero attached hydrogens (tertiary/aromatic N) is 4. The SMILES string of the molecule is O=C(c1ccc(CSc2nc3ccccc3[nH]2)cc1)N1CCN(c2ccccn2)CC1. The quantitative estimate of drug-likeness (QED) is 0.482. The van der Waals surface area contributed by atoms with Gasteiger partial charge in [-0.2, -0.15) is 0 Å². The summed E-state index contributed by atoms with van der Waals surface area (Å²) in [5.41, 5.74) is 3.94. The first-order chi connectivity index (χ1) is 15.3. The average Bonchev–Trinajstić information content (AvgIpc) is 3.26. The Morgan fingerprint density at radius 1 is 0.935 bits per heavy atom.